The molecule has 2 heterocycles. The number of nitrogens with zero attached hydrogens (tertiary/aromatic N) is 1. The van der Waals surface area contributed by atoms with Gasteiger partial charge in [-0.25, -0.2) is 9.78 Å². The van der Waals surface area contributed by atoms with Crippen molar-refractivity contribution >= 4 is 17.3 Å². The Bertz CT molecular complexity index is 398. The first-order valence-electron chi connectivity index (χ1n) is 5.49. The molecule has 1 aliphatic heterocycles. The van der Waals surface area contributed by atoms with E-state index in [1.807, 2.05) is 0 Å². The van der Waals surface area contributed by atoms with E-state index < -0.39 is 5.97 Å². The third-order valence-corrected chi connectivity index (χ3v) is 3.81. The Hall–Kier alpha value is -0.980. The molecule has 1 aromatic rings. The molecule has 6 heteroatoms. The Morgan fingerprint density at radius 3 is 3.12 bits per heavy atom. The van der Waals surface area contributed by atoms with Gasteiger partial charge in [0.15, 0.2) is 0 Å². The standard InChI is InChI=1S/C11H15NO4S/c1-15-6-8-10(11(13)14)17-9(12-8)4-7-2-3-16-5-7/h7H,2-6H2,1H3,(H,13,14). The molecular weight excluding hydrogens is 242 g/mol. The quantitative estimate of drug-likeness (QED) is 0.867. The molecule has 2 rings (SSSR count). The summed E-state index contributed by atoms with van der Waals surface area (Å²) in [5.41, 5.74) is 0.527. The van der Waals surface area contributed by atoms with Crippen LogP contribution in [0, 0.1) is 5.92 Å². The van der Waals surface area contributed by atoms with Crippen LogP contribution in [0.4, 0.5) is 0 Å². The van der Waals surface area contributed by atoms with E-state index in [1.165, 1.54) is 18.4 Å². The van der Waals surface area contributed by atoms with Crippen molar-refractivity contribution in [1.82, 2.24) is 4.98 Å². The van der Waals surface area contributed by atoms with Gasteiger partial charge in [0, 0.05) is 26.7 Å². The van der Waals surface area contributed by atoms with E-state index in [1.54, 1.807) is 0 Å². The topological polar surface area (TPSA) is 68.7 Å². The fourth-order valence-electron chi connectivity index (χ4n) is 1.88. The molecule has 0 amide bonds. The molecule has 0 saturated carbocycles. The maximum absolute atomic E-state index is 11.0. The van der Waals surface area contributed by atoms with Gasteiger partial charge in [0.25, 0.3) is 0 Å². The molecule has 1 N–H and O–H groups in total. The van der Waals surface area contributed by atoms with Crippen LogP contribution < -0.4 is 0 Å². The normalized spacial score (nSPS) is 19.7. The first-order valence-corrected chi connectivity index (χ1v) is 6.31. The lowest BCUT2D eigenvalue weighted by atomic mass is 10.1. The number of ether oxygens (including phenoxy) is 2. The zero-order chi connectivity index (χ0) is 12.3. The summed E-state index contributed by atoms with van der Waals surface area (Å²) in [6, 6.07) is 0. The molecule has 1 aliphatic rings. The maximum Gasteiger partial charge on any atom is 0.347 e. The van der Waals surface area contributed by atoms with Gasteiger partial charge in [-0.3, -0.25) is 0 Å². The van der Waals surface area contributed by atoms with Crippen molar-refractivity contribution in [3.63, 3.8) is 0 Å². The Morgan fingerprint density at radius 1 is 1.71 bits per heavy atom. The lowest BCUT2D eigenvalue weighted by Crippen LogP contribution is -2.03. The summed E-state index contributed by atoms with van der Waals surface area (Å²) in [6.07, 6.45) is 1.83. The second-order valence-corrected chi connectivity index (χ2v) is 5.14. The molecule has 94 valence electrons. The van der Waals surface area contributed by atoms with Gasteiger partial charge >= 0.3 is 5.97 Å². The zero-order valence-corrected chi connectivity index (χ0v) is 10.5. The van der Waals surface area contributed by atoms with Crippen molar-refractivity contribution in [1.29, 1.82) is 0 Å². The van der Waals surface area contributed by atoms with Crippen molar-refractivity contribution < 1.29 is 19.4 Å². The first-order chi connectivity index (χ1) is 8.20. The van der Waals surface area contributed by atoms with Crippen LogP contribution in [-0.2, 0) is 22.5 Å². The van der Waals surface area contributed by atoms with Crippen LogP contribution in [0.25, 0.3) is 0 Å². The van der Waals surface area contributed by atoms with E-state index >= 15 is 0 Å². The summed E-state index contributed by atoms with van der Waals surface area (Å²) in [5.74, 6) is -0.457. The summed E-state index contributed by atoms with van der Waals surface area (Å²) in [4.78, 5) is 15.7. The van der Waals surface area contributed by atoms with Gasteiger partial charge in [0.1, 0.15) is 4.88 Å². The van der Waals surface area contributed by atoms with Crippen LogP contribution in [-0.4, -0.2) is 36.4 Å². The summed E-state index contributed by atoms with van der Waals surface area (Å²) >= 11 is 1.25. The molecule has 0 bridgehead atoms. The minimum atomic E-state index is -0.927. The van der Waals surface area contributed by atoms with Gasteiger partial charge in [-0.15, -0.1) is 11.3 Å². The highest BCUT2D eigenvalue weighted by atomic mass is 32.1. The third kappa shape index (κ3) is 3.02. The monoisotopic (exact) mass is 257 g/mol. The molecule has 1 fully saturated rings. The number of hydrogen-bond donors (Lipinski definition) is 1. The average molecular weight is 257 g/mol. The Morgan fingerprint density at radius 2 is 2.53 bits per heavy atom. The number of aromatic nitrogens is 1. The summed E-state index contributed by atoms with van der Waals surface area (Å²) in [7, 11) is 1.54. The SMILES string of the molecule is COCc1nc(CC2CCOC2)sc1C(=O)O. The summed E-state index contributed by atoms with van der Waals surface area (Å²) in [5, 5.41) is 9.92. The average Bonchev–Trinajstić information content (AvgIpc) is 2.89. The minimum absolute atomic E-state index is 0.249. The number of methoxy groups -OCH3 is 1. The van der Waals surface area contributed by atoms with E-state index in [0.29, 0.717) is 16.5 Å². The number of carboxylic acid groups (broad SMARTS) is 1. The summed E-state index contributed by atoms with van der Waals surface area (Å²) in [6.45, 7) is 1.80. The lowest BCUT2D eigenvalue weighted by Gasteiger charge is -2.02. The Labute approximate surface area is 103 Å². The number of carbonyl (C=O) groups is 1. The Balaban J connectivity index is 2.11. The number of thiazole rings is 1. The fourth-order valence-corrected chi connectivity index (χ4v) is 2.90. The molecular formula is C11H15NO4S. The van der Waals surface area contributed by atoms with Crippen LogP contribution in [0.5, 0.6) is 0 Å². The smallest absolute Gasteiger partial charge is 0.347 e. The largest absolute Gasteiger partial charge is 0.477 e. The molecule has 0 aromatic carbocycles. The predicted octanol–water partition coefficient (Wildman–Crippen LogP) is 1.57. The van der Waals surface area contributed by atoms with Gasteiger partial charge in [-0.2, -0.15) is 0 Å². The molecule has 0 aliphatic carbocycles. The summed E-state index contributed by atoms with van der Waals surface area (Å²) < 4.78 is 10.3. The first kappa shape index (κ1) is 12.5. The number of rotatable bonds is 5. The van der Waals surface area contributed by atoms with Gasteiger partial charge in [0.05, 0.1) is 17.3 Å². The van der Waals surface area contributed by atoms with Crippen molar-refractivity contribution in [3.8, 4) is 0 Å². The fraction of sp³-hybridized carbons (Fsp3) is 0.636. The number of aromatic carboxylic acids is 1. The van der Waals surface area contributed by atoms with Crippen molar-refractivity contribution in [3.05, 3.63) is 15.6 Å². The lowest BCUT2D eigenvalue weighted by molar-refractivity contribution is 0.0697. The van der Waals surface area contributed by atoms with Gasteiger partial charge < -0.3 is 14.6 Å². The number of carboxylic acids is 1. The van der Waals surface area contributed by atoms with Crippen LogP contribution >= 0.6 is 11.3 Å². The number of hydrogen-bond acceptors (Lipinski definition) is 5. The van der Waals surface area contributed by atoms with Gasteiger partial charge in [0.2, 0.25) is 0 Å². The highest BCUT2D eigenvalue weighted by Gasteiger charge is 2.21. The zero-order valence-electron chi connectivity index (χ0n) is 9.64. The van der Waals surface area contributed by atoms with Gasteiger partial charge in [-0.05, 0) is 12.3 Å². The second kappa shape index (κ2) is 5.57. The predicted molar refractivity (Wildman–Crippen MR) is 62.4 cm³/mol. The maximum atomic E-state index is 11.0. The van der Waals surface area contributed by atoms with Crippen LogP contribution in [0.2, 0.25) is 0 Å². The van der Waals surface area contributed by atoms with Crippen molar-refractivity contribution in [2.75, 3.05) is 20.3 Å². The van der Waals surface area contributed by atoms with E-state index in [9.17, 15) is 4.79 Å². The van der Waals surface area contributed by atoms with Crippen LogP contribution in [0.1, 0.15) is 26.8 Å². The molecule has 1 saturated heterocycles. The highest BCUT2D eigenvalue weighted by molar-refractivity contribution is 7.13. The molecule has 5 nitrogen and oxygen atoms in total. The van der Waals surface area contributed by atoms with E-state index in [2.05, 4.69) is 4.98 Å². The molecule has 0 spiro atoms. The van der Waals surface area contributed by atoms with E-state index in [4.69, 9.17) is 14.6 Å². The van der Waals surface area contributed by atoms with Crippen molar-refractivity contribution in [2.24, 2.45) is 5.92 Å². The van der Waals surface area contributed by atoms with Gasteiger partial charge in [-0.1, -0.05) is 0 Å². The Kier molecular flexibility index (Phi) is 4.09. The molecule has 1 atom stereocenters. The second-order valence-electron chi connectivity index (χ2n) is 4.06. The van der Waals surface area contributed by atoms with Crippen LogP contribution in [0.15, 0.2) is 0 Å². The van der Waals surface area contributed by atoms with E-state index in [0.717, 1.165) is 31.1 Å². The third-order valence-electron chi connectivity index (χ3n) is 2.70. The van der Waals surface area contributed by atoms with E-state index in [-0.39, 0.29) is 6.61 Å². The molecule has 17 heavy (non-hydrogen) atoms. The molecule has 0 radical (unpaired) electrons. The van der Waals surface area contributed by atoms with Crippen molar-refractivity contribution in [2.45, 2.75) is 19.4 Å². The highest BCUT2D eigenvalue weighted by Crippen LogP contribution is 2.25. The molecule has 1 aromatic heterocycles. The minimum Gasteiger partial charge on any atom is -0.477 e. The van der Waals surface area contributed by atoms with Crippen LogP contribution in [0.3, 0.4) is 0 Å². The molecule has 1 unspecified atom stereocenters.